The average Bonchev–Trinajstić information content (AvgIpc) is 2.69. The van der Waals surface area contributed by atoms with E-state index in [1.165, 1.54) is 18.2 Å². The molecule has 3 rings (SSSR count). The highest BCUT2D eigenvalue weighted by Gasteiger charge is 2.12. The Bertz CT molecular complexity index is 999. The summed E-state index contributed by atoms with van der Waals surface area (Å²) in [6, 6.07) is 16.4. The Kier molecular flexibility index (Phi) is 5.43. The van der Waals surface area contributed by atoms with Gasteiger partial charge in [-0.25, -0.2) is 4.39 Å². The molecule has 0 aliphatic carbocycles. The van der Waals surface area contributed by atoms with Crippen LogP contribution in [-0.2, 0) is 0 Å². The lowest BCUT2D eigenvalue weighted by Crippen LogP contribution is -2.17. The van der Waals surface area contributed by atoms with Gasteiger partial charge in [-0.15, -0.1) is 0 Å². The number of carbonyl (C=O) groups excluding carboxylic acids is 1. The van der Waals surface area contributed by atoms with Crippen molar-refractivity contribution < 1.29 is 9.18 Å². The summed E-state index contributed by atoms with van der Waals surface area (Å²) in [6.07, 6.45) is 3.37. The number of nitriles is 1. The van der Waals surface area contributed by atoms with Crippen LogP contribution in [0.2, 0.25) is 0 Å². The second-order valence-electron chi connectivity index (χ2n) is 5.80. The number of hydrogen-bond acceptors (Lipinski definition) is 4. The normalized spacial score (nSPS) is 10.1. The van der Waals surface area contributed by atoms with E-state index >= 15 is 0 Å². The molecule has 5 nitrogen and oxygen atoms in total. The Morgan fingerprint density at radius 1 is 1.19 bits per heavy atom. The quantitative estimate of drug-likeness (QED) is 0.727. The third-order valence-corrected chi connectivity index (χ3v) is 3.98. The lowest BCUT2D eigenvalue weighted by Gasteiger charge is -2.23. The molecule has 0 spiro atoms. The minimum atomic E-state index is -0.462. The SMILES string of the molecule is CCN(c1cccnc1)c1cc(F)cc(NC(=O)c2cccc(C#N)c2)c1. The summed E-state index contributed by atoms with van der Waals surface area (Å²) in [4.78, 5) is 18.4. The number of benzene rings is 2. The number of hydrogen-bond donors (Lipinski definition) is 1. The number of nitrogens with zero attached hydrogens (tertiary/aromatic N) is 3. The van der Waals surface area contributed by atoms with Gasteiger partial charge in [-0.2, -0.15) is 5.26 Å². The summed E-state index contributed by atoms with van der Waals surface area (Å²) in [5.41, 5.74) is 2.48. The fraction of sp³-hybridized carbons (Fsp3) is 0.0952. The maximum atomic E-state index is 14.2. The van der Waals surface area contributed by atoms with Gasteiger partial charge in [0, 0.05) is 29.7 Å². The first-order valence-corrected chi connectivity index (χ1v) is 8.40. The molecule has 0 bridgehead atoms. The largest absolute Gasteiger partial charge is 0.340 e. The highest BCUT2D eigenvalue weighted by Crippen LogP contribution is 2.28. The van der Waals surface area contributed by atoms with Crippen molar-refractivity contribution in [2.75, 3.05) is 16.8 Å². The molecule has 1 amide bonds. The fourth-order valence-electron chi connectivity index (χ4n) is 2.76. The van der Waals surface area contributed by atoms with Crippen LogP contribution < -0.4 is 10.2 Å². The number of nitrogens with one attached hydrogen (secondary N) is 1. The smallest absolute Gasteiger partial charge is 0.255 e. The molecule has 6 heteroatoms. The van der Waals surface area contributed by atoms with Crippen molar-refractivity contribution in [3.8, 4) is 6.07 Å². The van der Waals surface area contributed by atoms with E-state index in [4.69, 9.17) is 5.26 Å². The van der Waals surface area contributed by atoms with Crippen LogP contribution in [-0.4, -0.2) is 17.4 Å². The van der Waals surface area contributed by atoms with Crippen molar-refractivity contribution in [3.05, 3.63) is 83.9 Å². The molecular formula is C21H17FN4O. The predicted molar refractivity (Wildman–Crippen MR) is 102 cm³/mol. The molecule has 1 aromatic heterocycles. The Balaban J connectivity index is 1.89. The van der Waals surface area contributed by atoms with Crippen molar-refractivity contribution in [2.24, 2.45) is 0 Å². The van der Waals surface area contributed by atoms with Crippen LogP contribution in [0.1, 0.15) is 22.8 Å². The first-order chi connectivity index (χ1) is 13.1. The number of halogens is 1. The minimum absolute atomic E-state index is 0.333. The number of anilines is 3. The summed E-state index contributed by atoms with van der Waals surface area (Å²) < 4.78 is 14.2. The molecule has 0 unspecified atom stereocenters. The van der Waals surface area contributed by atoms with Crippen molar-refractivity contribution in [3.63, 3.8) is 0 Å². The summed E-state index contributed by atoms with van der Waals surface area (Å²) in [6.45, 7) is 2.55. The van der Waals surface area contributed by atoms with Gasteiger partial charge in [0.2, 0.25) is 0 Å². The second kappa shape index (κ2) is 8.11. The highest BCUT2D eigenvalue weighted by molar-refractivity contribution is 6.04. The standard InChI is InChI=1S/C21H17FN4O/c1-2-26(19-7-4-8-24-14-19)20-11-17(22)10-18(12-20)25-21(27)16-6-3-5-15(9-16)13-23/h3-12,14H,2H2,1H3,(H,25,27). The molecule has 0 aliphatic heterocycles. The molecule has 1 N–H and O–H groups in total. The number of rotatable bonds is 5. The van der Waals surface area contributed by atoms with E-state index in [1.54, 1.807) is 36.7 Å². The van der Waals surface area contributed by atoms with Crippen LogP contribution in [0.25, 0.3) is 0 Å². The van der Waals surface area contributed by atoms with Gasteiger partial charge in [-0.1, -0.05) is 6.07 Å². The molecule has 27 heavy (non-hydrogen) atoms. The Labute approximate surface area is 156 Å². The first-order valence-electron chi connectivity index (χ1n) is 8.40. The monoisotopic (exact) mass is 360 g/mol. The van der Waals surface area contributed by atoms with E-state index in [0.717, 1.165) is 5.69 Å². The van der Waals surface area contributed by atoms with Gasteiger partial charge in [-0.3, -0.25) is 9.78 Å². The molecule has 3 aromatic rings. The average molecular weight is 360 g/mol. The van der Waals surface area contributed by atoms with Gasteiger partial charge in [-0.05, 0) is 55.5 Å². The van der Waals surface area contributed by atoms with Crippen molar-refractivity contribution >= 4 is 23.0 Å². The number of pyridine rings is 1. The van der Waals surface area contributed by atoms with Crippen molar-refractivity contribution in [2.45, 2.75) is 6.92 Å². The predicted octanol–water partition coefficient (Wildman–Crippen LogP) is 4.50. The van der Waals surface area contributed by atoms with Crippen LogP contribution in [0.4, 0.5) is 21.5 Å². The topological polar surface area (TPSA) is 69.0 Å². The highest BCUT2D eigenvalue weighted by atomic mass is 19.1. The first kappa shape index (κ1) is 18.1. The maximum absolute atomic E-state index is 14.2. The van der Waals surface area contributed by atoms with E-state index in [9.17, 15) is 9.18 Å². The molecule has 2 aromatic carbocycles. The summed E-state index contributed by atoms with van der Waals surface area (Å²) in [5.74, 6) is -0.871. The van der Waals surface area contributed by atoms with Gasteiger partial charge in [0.25, 0.3) is 5.91 Å². The van der Waals surface area contributed by atoms with Gasteiger partial charge in [0.1, 0.15) is 5.82 Å². The molecule has 1 heterocycles. The van der Waals surface area contributed by atoms with Gasteiger partial charge >= 0.3 is 0 Å². The second-order valence-corrected chi connectivity index (χ2v) is 5.80. The van der Waals surface area contributed by atoms with Gasteiger partial charge < -0.3 is 10.2 Å². The van der Waals surface area contributed by atoms with Crippen molar-refractivity contribution in [1.82, 2.24) is 4.98 Å². The van der Waals surface area contributed by atoms with Gasteiger partial charge in [0.15, 0.2) is 0 Å². The van der Waals surface area contributed by atoms with Gasteiger partial charge in [0.05, 0.1) is 23.5 Å². The van der Waals surface area contributed by atoms with E-state index in [-0.39, 0.29) is 0 Å². The zero-order valence-electron chi connectivity index (χ0n) is 14.7. The van der Waals surface area contributed by atoms with E-state index in [2.05, 4.69) is 10.3 Å². The number of aromatic nitrogens is 1. The minimum Gasteiger partial charge on any atom is -0.340 e. The zero-order chi connectivity index (χ0) is 19.2. The Morgan fingerprint density at radius 2 is 2.04 bits per heavy atom. The zero-order valence-corrected chi connectivity index (χ0v) is 14.7. The van der Waals surface area contributed by atoms with Crippen LogP contribution in [0.3, 0.4) is 0 Å². The Hall–Kier alpha value is -3.72. The lowest BCUT2D eigenvalue weighted by atomic mass is 10.1. The molecule has 0 saturated carbocycles. The third kappa shape index (κ3) is 4.28. The Morgan fingerprint density at radius 3 is 2.74 bits per heavy atom. The van der Waals surface area contributed by atoms with Crippen LogP contribution in [0.15, 0.2) is 67.0 Å². The number of amides is 1. The molecule has 0 radical (unpaired) electrons. The molecule has 0 fully saturated rings. The molecule has 0 aliphatic rings. The summed E-state index contributed by atoms with van der Waals surface area (Å²) in [7, 11) is 0. The molecule has 0 saturated heterocycles. The number of carbonyl (C=O) groups is 1. The lowest BCUT2D eigenvalue weighted by molar-refractivity contribution is 0.102. The third-order valence-electron chi connectivity index (χ3n) is 3.98. The van der Waals surface area contributed by atoms with Crippen molar-refractivity contribution in [1.29, 1.82) is 5.26 Å². The summed E-state index contributed by atoms with van der Waals surface area (Å²) in [5, 5.41) is 11.7. The van der Waals surface area contributed by atoms with E-state index in [1.807, 2.05) is 30.0 Å². The molecule has 134 valence electrons. The van der Waals surface area contributed by atoms with E-state index < -0.39 is 11.7 Å². The van der Waals surface area contributed by atoms with Crippen LogP contribution >= 0.6 is 0 Å². The fourth-order valence-corrected chi connectivity index (χ4v) is 2.76. The maximum Gasteiger partial charge on any atom is 0.255 e. The molecule has 0 atom stereocenters. The van der Waals surface area contributed by atoms with E-state index in [0.29, 0.717) is 29.0 Å². The summed E-state index contributed by atoms with van der Waals surface area (Å²) >= 11 is 0. The molecular weight excluding hydrogens is 343 g/mol. The van der Waals surface area contributed by atoms with Crippen LogP contribution in [0, 0.1) is 17.1 Å². The van der Waals surface area contributed by atoms with Crippen LogP contribution in [0.5, 0.6) is 0 Å².